The van der Waals surface area contributed by atoms with E-state index in [0.717, 1.165) is 0 Å². The highest BCUT2D eigenvalue weighted by Crippen LogP contribution is 2.26. The Morgan fingerprint density at radius 2 is 2.15 bits per heavy atom. The zero-order valence-corrected chi connectivity index (χ0v) is 15.2. The fourth-order valence-corrected chi connectivity index (χ4v) is 3.64. The quantitative estimate of drug-likeness (QED) is 0.706. The molecular weight excluding hydrogens is 346 g/mol. The highest BCUT2D eigenvalue weighted by molar-refractivity contribution is 5.96. The normalized spacial score (nSPS) is 16.7. The van der Waals surface area contributed by atoms with E-state index in [9.17, 15) is 9.90 Å². The molecule has 0 radical (unpaired) electrons. The summed E-state index contributed by atoms with van der Waals surface area (Å²) < 4.78 is 3.67. The smallest absolute Gasteiger partial charge is 0.255 e. The molecular formula is C18H23N7O2. The van der Waals surface area contributed by atoms with Gasteiger partial charge in [0, 0.05) is 38.2 Å². The number of fused-ring (bicyclic) bond motifs is 1. The van der Waals surface area contributed by atoms with Gasteiger partial charge in [0.1, 0.15) is 5.52 Å². The maximum absolute atomic E-state index is 12.9. The summed E-state index contributed by atoms with van der Waals surface area (Å²) in [5.74, 6) is 0.297. The third-order valence-corrected chi connectivity index (χ3v) is 5.20. The van der Waals surface area contributed by atoms with Crippen molar-refractivity contribution >= 4 is 23.0 Å². The van der Waals surface area contributed by atoms with Gasteiger partial charge in [0.2, 0.25) is 5.95 Å². The number of aromatic nitrogens is 5. The van der Waals surface area contributed by atoms with E-state index >= 15 is 0 Å². The number of carbonyl (C=O) groups is 1. The minimum atomic E-state index is -0.825. The number of nitrogen functional groups attached to an aromatic ring is 1. The molecule has 0 unspecified atom stereocenters. The molecule has 1 aliphatic rings. The second-order valence-corrected chi connectivity index (χ2v) is 7.03. The van der Waals surface area contributed by atoms with Gasteiger partial charge in [-0.05, 0) is 25.8 Å². The van der Waals surface area contributed by atoms with Gasteiger partial charge in [0.15, 0.2) is 5.65 Å². The first-order valence-electron chi connectivity index (χ1n) is 9.08. The van der Waals surface area contributed by atoms with E-state index < -0.39 is 5.60 Å². The van der Waals surface area contributed by atoms with Crippen LogP contribution in [-0.2, 0) is 13.1 Å². The van der Waals surface area contributed by atoms with E-state index in [1.165, 1.54) is 0 Å². The van der Waals surface area contributed by atoms with Crippen molar-refractivity contribution in [2.45, 2.75) is 38.5 Å². The molecule has 0 spiro atoms. The van der Waals surface area contributed by atoms with Crippen LogP contribution in [0.4, 0.5) is 5.95 Å². The number of hydrogen-bond acceptors (Lipinski definition) is 6. The number of hydrogen-bond donors (Lipinski definition) is 2. The van der Waals surface area contributed by atoms with Gasteiger partial charge in [0.05, 0.1) is 24.0 Å². The molecule has 4 rings (SSSR count). The largest absolute Gasteiger partial charge is 0.388 e. The summed E-state index contributed by atoms with van der Waals surface area (Å²) in [5, 5.41) is 10.8. The number of anilines is 1. The number of nitrogens with two attached hydrogens (primary N) is 1. The minimum Gasteiger partial charge on any atom is -0.388 e. The van der Waals surface area contributed by atoms with E-state index in [1.807, 2.05) is 17.7 Å². The number of piperidine rings is 1. The first kappa shape index (κ1) is 17.5. The Morgan fingerprint density at radius 1 is 1.37 bits per heavy atom. The highest BCUT2D eigenvalue weighted by atomic mass is 16.3. The van der Waals surface area contributed by atoms with Gasteiger partial charge in [-0.1, -0.05) is 0 Å². The van der Waals surface area contributed by atoms with Crippen molar-refractivity contribution < 1.29 is 9.90 Å². The molecule has 9 heteroatoms. The predicted octanol–water partition coefficient (Wildman–Crippen LogP) is 0.897. The lowest BCUT2D eigenvalue weighted by molar-refractivity contribution is -0.0292. The number of carbonyl (C=O) groups excluding carboxylic acids is 1. The molecule has 3 aromatic heterocycles. The summed E-state index contributed by atoms with van der Waals surface area (Å²) >= 11 is 0. The lowest BCUT2D eigenvalue weighted by Crippen LogP contribution is -2.48. The van der Waals surface area contributed by atoms with Crippen molar-refractivity contribution in [3.05, 3.63) is 36.5 Å². The lowest BCUT2D eigenvalue weighted by Gasteiger charge is -2.38. The van der Waals surface area contributed by atoms with E-state index in [2.05, 4.69) is 15.0 Å². The van der Waals surface area contributed by atoms with Crippen LogP contribution >= 0.6 is 0 Å². The number of aryl methyl sites for hydroxylation is 1. The Labute approximate surface area is 156 Å². The average molecular weight is 369 g/mol. The maximum atomic E-state index is 12.9. The number of aliphatic hydroxyl groups is 1. The van der Waals surface area contributed by atoms with E-state index in [4.69, 9.17) is 5.73 Å². The second-order valence-electron chi connectivity index (χ2n) is 7.03. The van der Waals surface area contributed by atoms with Gasteiger partial charge in [-0.2, -0.15) is 0 Å². The van der Waals surface area contributed by atoms with Gasteiger partial charge in [-0.25, -0.2) is 15.0 Å². The van der Waals surface area contributed by atoms with E-state index in [-0.39, 0.29) is 5.91 Å². The van der Waals surface area contributed by atoms with Gasteiger partial charge >= 0.3 is 0 Å². The molecule has 1 amide bonds. The third kappa shape index (κ3) is 3.25. The lowest BCUT2D eigenvalue weighted by atomic mass is 9.91. The molecule has 3 aromatic rings. The van der Waals surface area contributed by atoms with Crippen LogP contribution in [0.3, 0.4) is 0 Å². The zero-order chi connectivity index (χ0) is 19.0. The first-order valence-corrected chi connectivity index (χ1v) is 9.08. The van der Waals surface area contributed by atoms with E-state index in [1.54, 1.807) is 34.3 Å². The molecule has 9 nitrogen and oxygen atoms in total. The number of likely N-dealkylation sites (tertiary alicyclic amines) is 1. The summed E-state index contributed by atoms with van der Waals surface area (Å²) in [6.07, 6.45) is 7.82. The topological polar surface area (TPSA) is 115 Å². The SMILES string of the molecule is CCn1c(N)nc2cc(C(=O)N3CCC(O)(Cn4ccnc4)CC3)cnc21. The standard InChI is InChI=1S/C18H23N7O2/c1-2-25-15-14(22-17(25)19)9-13(10-21-15)16(26)24-6-3-18(27,4-7-24)11-23-8-5-20-12-23/h5,8-10,12,27H,2-4,6-7,11H2,1H3,(H2,19,22). The number of imidazole rings is 2. The summed E-state index contributed by atoms with van der Waals surface area (Å²) in [4.78, 5) is 27.3. The van der Waals surface area contributed by atoms with E-state index in [0.29, 0.717) is 61.7 Å². The third-order valence-electron chi connectivity index (χ3n) is 5.20. The van der Waals surface area contributed by atoms with Crippen LogP contribution in [0, 0.1) is 0 Å². The van der Waals surface area contributed by atoms with Crippen LogP contribution < -0.4 is 5.73 Å². The summed E-state index contributed by atoms with van der Waals surface area (Å²) in [7, 11) is 0. The van der Waals surface area contributed by atoms with Crippen molar-refractivity contribution in [1.82, 2.24) is 29.0 Å². The van der Waals surface area contributed by atoms with Crippen LogP contribution in [0.1, 0.15) is 30.1 Å². The molecule has 1 fully saturated rings. The summed E-state index contributed by atoms with van der Waals surface area (Å²) in [6.45, 7) is 4.11. The predicted molar refractivity (Wildman–Crippen MR) is 99.9 cm³/mol. The molecule has 4 heterocycles. The Kier molecular flexibility index (Phi) is 4.31. The highest BCUT2D eigenvalue weighted by Gasteiger charge is 2.34. The minimum absolute atomic E-state index is 0.0984. The Balaban J connectivity index is 1.47. The van der Waals surface area contributed by atoms with Crippen LogP contribution in [0.2, 0.25) is 0 Å². The molecule has 142 valence electrons. The number of pyridine rings is 1. The Hall–Kier alpha value is -2.94. The van der Waals surface area contributed by atoms with Crippen molar-refractivity contribution in [2.24, 2.45) is 0 Å². The number of rotatable bonds is 4. The molecule has 0 saturated carbocycles. The molecule has 3 N–H and O–H groups in total. The van der Waals surface area contributed by atoms with Crippen LogP contribution in [-0.4, -0.2) is 58.7 Å². The molecule has 0 atom stereocenters. The first-order chi connectivity index (χ1) is 13.0. The van der Waals surface area contributed by atoms with Gasteiger partial charge in [-0.15, -0.1) is 0 Å². The average Bonchev–Trinajstić information content (AvgIpc) is 3.27. The fourth-order valence-electron chi connectivity index (χ4n) is 3.64. The van der Waals surface area contributed by atoms with Crippen molar-refractivity contribution in [2.75, 3.05) is 18.8 Å². The number of amides is 1. The van der Waals surface area contributed by atoms with Crippen molar-refractivity contribution in [1.29, 1.82) is 0 Å². The van der Waals surface area contributed by atoms with Gasteiger partial charge < -0.3 is 20.3 Å². The molecule has 1 saturated heterocycles. The Morgan fingerprint density at radius 3 is 2.81 bits per heavy atom. The number of nitrogens with zero attached hydrogens (tertiary/aromatic N) is 6. The molecule has 27 heavy (non-hydrogen) atoms. The Bertz CT molecular complexity index is 956. The van der Waals surface area contributed by atoms with Crippen molar-refractivity contribution in [3.63, 3.8) is 0 Å². The molecule has 0 aromatic carbocycles. The monoisotopic (exact) mass is 369 g/mol. The fraction of sp³-hybridized carbons (Fsp3) is 0.444. The molecule has 0 bridgehead atoms. The van der Waals surface area contributed by atoms with Gasteiger partial charge in [-0.3, -0.25) is 9.36 Å². The van der Waals surface area contributed by atoms with Crippen LogP contribution in [0.25, 0.3) is 11.2 Å². The zero-order valence-electron chi connectivity index (χ0n) is 15.2. The van der Waals surface area contributed by atoms with Crippen LogP contribution in [0.5, 0.6) is 0 Å². The van der Waals surface area contributed by atoms with Gasteiger partial charge in [0.25, 0.3) is 5.91 Å². The maximum Gasteiger partial charge on any atom is 0.255 e. The second kappa shape index (κ2) is 6.66. The van der Waals surface area contributed by atoms with Crippen LogP contribution in [0.15, 0.2) is 31.0 Å². The molecule has 1 aliphatic heterocycles. The summed E-state index contributed by atoms with van der Waals surface area (Å²) in [5.41, 5.74) is 6.86. The summed E-state index contributed by atoms with van der Waals surface area (Å²) in [6, 6.07) is 1.74. The van der Waals surface area contributed by atoms with Crippen molar-refractivity contribution in [3.8, 4) is 0 Å². The molecule has 0 aliphatic carbocycles.